The normalized spacial score (nSPS) is 11.0. The summed E-state index contributed by atoms with van der Waals surface area (Å²) in [5, 5.41) is 0. The lowest BCUT2D eigenvalue weighted by Crippen LogP contribution is -2.16. The summed E-state index contributed by atoms with van der Waals surface area (Å²) in [4.78, 5) is 13.4. The second-order valence-corrected chi connectivity index (χ2v) is 1.16. The molecule has 0 rings (SSSR count). The van der Waals surface area contributed by atoms with Crippen LogP contribution in [-0.4, -0.2) is 19.0 Å². The minimum absolute atomic E-state index is 0.275. The van der Waals surface area contributed by atoms with E-state index in [4.69, 9.17) is 0 Å². The molecule has 0 radical (unpaired) electrons. The molecule has 0 aliphatic carbocycles. The predicted octanol–water partition coefficient (Wildman–Crippen LogP) is 0.130. The zero-order valence-corrected chi connectivity index (χ0v) is 4.84. The molecule has 0 aliphatic heterocycles. The molecule has 0 aromatic heterocycles. The molecule has 46 valence electrons. The fourth-order valence-corrected chi connectivity index (χ4v) is 0.191. The van der Waals surface area contributed by atoms with Crippen LogP contribution < -0.4 is 5.73 Å². The van der Waals surface area contributed by atoms with Crippen LogP contribution in [0.25, 0.3) is 0 Å². The molecule has 0 heterocycles. The van der Waals surface area contributed by atoms with Crippen molar-refractivity contribution in [1.29, 1.82) is 0 Å². The molecule has 0 bridgehead atoms. The average molecular weight is 116 g/mol. The summed E-state index contributed by atoms with van der Waals surface area (Å²) in [6.07, 6.45) is -0.826. The molecule has 0 spiro atoms. The molecule has 0 saturated heterocycles. The van der Waals surface area contributed by atoms with Gasteiger partial charge in [-0.3, -0.25) is 4.99 Å². The Morgan fingerprint density at radius 1 is 1.75 bits per heavy atom. The Morgan fingerprint density at radius 3 is 2.38 bits per heavy atom. The molecule has 0 aromatic carbocycles. The first-order chi connectivity index (χ1) is 3.66. The second-order valence-electron chi connectivity index (χ2n) is 1.16. The predicted molar refractivity (Wildman–Crippen MR) is 29.7 cm³/mol. The highest BCUT2D eigenvalue weighted by Gasteiger charge is 1.92. The van der Waals surface area contributed by atoms with Gasteiger partial charge in [0.2, 0.25) is 0 Å². The topological polar surface area (TPSA) is 64.7 Å². The van der Waals surface area contributed by atoms with Gasteiger partial charge in [-0.25, -0.2) is 4.79 Å². The molecule has 0 unspecified atom stereocenters. The van der Waals surface area contributed by atoms with Crippen molar-refractivity contribution in [2.75, 3.05) is 7.05 Å². The molecule has 0 fully saturated rings. The molecule has 0 atom stereocenters. The molecule has 0 saturated carbocycles. The van der Waals surface area contributed by atoms with E-state index in [0.29, 0.717) is 0 Å². The van der Waals surface area contributed by atoms with E-state index in [2.05, 4.69) is 15.5 Å². The highest BCUT2D eigenvalue weighted by Crippen LogP contribution is 1.76. The summed E-state index contributed by atoms with van der Waals surface area (Å²) in [5.41, 5.74) is 4.63. The van der Waals surface area contributed by atoms with Gasteiger partial charge in [0.1, 0.15) is 0 Å². The number of amides is 1. The number of hydrogen-bond donors (Lipinski definition) is 1. The van der Waals surface area contributed by atoms with Gasteiger partial charge in [-0.05, 0) is 0 Å². The van der Waals surface area contributed by atoms with Crippen molar-refractivity contribution in [1.82, 2.24) is 0 Å². The molecule has 1 amide bonds. The first-order valence-electron chi connectivity index (χ1n) is 2.07. The zero-order chi connectivity index (χ0) is 6.57. The van der Waals surface area contributed by atoms with Crippen molar-refractivity contribution in [3.8, 4) is 0 Å². The molecule has 8 heavy (non-hydrogen) atoms. The van der Waals surface area contributed by atoms with Gasteiger partial charge in [0.25, 0.3) is 0 Å². The fraction of sp³-hybridized carbons (Fsp3) is 0.500. The second kappa shape index (κ2) is 3.01. The minimum Gasteiger partial charge on any atom is -0.396 e. The third-order valence-electron chi connectivity index (χ3n) is 0.563. The monoisotopic (exact) mass is 116 g/mol. The zero-order valence-electron chi connectivity index (χ0n) is 4.84. The van der Waals surface area contributed by atoms with E-state index < -0.39 is 6.09 Å². The number of rotatable bonds is 0. The number of aliphatic imine (C=N–C) groups is 1. The Balaban J connectivity index is 3.56. The molecular weight excluding hydrogens is 108 g/mol. The molecular formula is C4H8N2O2. The Kier molecular flexibility index (Phi) is 2.61. The van der Waals surface area contributed by atoms with Crippen LogP contribution in [0.2, 0.25) is 0 Å². The lowest BCUT2D eigenvalue weighted by molar-refractivity contribution is 0.207. The van der Waals surface area contributed by atoms with Crippen molar-refractivity contribution in [2.24, 2.45) is 10.7 Å². The van der Waals surface area contributed by atoms with Crippen molar-refractivity contribution in [2.45, 2.75) is 6.92 Å². The third-order valence-corrected chi connectivity index (χ3v) is 0.563. The number of nitrogens with zero attached hydrogens (tertiary/aromatic N) is 1. The smallest absolute Gasteiger partial charge is 0.396 e. The van der Waals surface area contributed by atoms with Gasteiger partial charge in [-0.2, -0.15) is 0 Å². The van der Waals surface area contributed by atoms with Crippen LogP contribution in [0.1, 0.15) is 6.92 Å². The summed E-state index contributed by atoms with van der Waals surface area (Å²) in [5.74, 6) is 0.275. The lowest BCUT2D eigenvalue weighted by atomic mass is 10.8. The first kappa shape index (κ1) is 6.94. The number of hydrogen-bond acceptors (Lipinski definition) is 3. The van der Waals surface area contributed by atoms with Gasteiger partial charge in [0, 0.05) is 14.0 Å². The molecule has 4 heteroatoms. The number of carbonyl (C=O) groups excluding carboxylic acids is 1. The Morgan fingerprint density at radius 2 is 2.25 bits per heavy atom. The van der Waals surface area contributed by atoms with Crippen LogP contribution in [0.5, 0.6) is 0 Å². The van der Waals surface area contributed by atoms with Crippen LogP contribution in [0.15, 0.2) is 4.99 Å². The van der Waals surface area contributed by atoms with E-state index in [1.54, 1.807) is 6.92 Å². The minimum atomic E-state index is -0.826. The van der Waals surface area contributed by atoms with E-state index in [1.807, 2.05) is 0 Å². The van der Waals surface area contributed by atoms with Crippen LogP contribution >= 0.6 is 0 Å². The van der Waals surface area contributed by atoms with Gasteiger partial charge >= 0.3 is 6.09 Å². The van der Waals surface area contributed by atoms with Gasteiger partial charge in [0.05, 0.1) is 0 Å². The maximum absolute atomic E-state index is 9.89. The van der Waals surface area contributed by atoms with Gasteiger partial charge in [-0.1, -0.05) is 0 Å². The molecule has 2 N–H and O–H groups in total. The van der Waals surface area contributed by atoms with Crippen molar-refractivity contribution < 1.29 is 9.53 Å². The van der Waals surface area contributed by atoms with Crippen LogP contribution in [0.4, 0.5) is 4.79 Å². The van der Waals surface area contributed by atoms with Gasteiger partial charge in [-0.15, -0.1) is 0 Å². The van der Waals surface area contributed by atoms with Crippen LogP contribution in [-0.2, 0) is 4.74 Å². The number of carbonyl (C=O) groups is 1. The molecule has 4 nitrogen and oxygen atoms in total. The quantitative estimate of drug-likeness (QED) is 0.361. The van der Waals surface area contributed by atoms with E-state index in [1.165, 1.54) is 7.05 Å². The third kappa shape index (κ3) is 3.14. The Bertz CT molecular complexity index is 119. The molecule has 0 aromatic rings. The molecule has 0 aliphatic rings. The summed E-state index contributed by atoms with van der Waals surface area (Å²) in [6, 6.07) is 0. The van der Waals surface area contributed by atoms with Crippen molar-refractivity contribution in [3.63, 3.8) is 0 Å². The summed E-state index contributed by atoms with van der Waals surface area (Å²) < 4.78 is 4.29. The number of ether oxygens (including phenoxy) is 1. The lowest BCUT2D eigenvalue weighted by Gasteiger charge is -1.94. The summed E-state index contributed by atoms with van der Waals surface area (Å²) >= 11 is 0. The van der Waals surface area contributed by atoms with Crippen LogP contribution in [0.3, 0.4) is 0 Å². The SMILES string of the molecule is C/N=C(/C)OC(N)=O. The van der Waals surface area contributed by atoms with E-state index >= 15 is 0 Å². The Labute approximate surface area is 47.3 Å². The largest absolute Gasteiger partial charge is 0.411 e. The van der Waals surface area contributed by atoms with Crippen molar-refractivity contribution in [3.05, 3.63) is 0 Å². The maximum Gasteiger partial charge on any atom is 0.411 e. The Hall–Kier alpha value is -1.06. The van der Waals surface area contributed by atoms with E-state index in [9.17, 15) is 4.79 Å². The summed E-state index contributed by atoms with van der Waals surface area (Å²) in [7, 11) is 1.51. The number of primary amides is 1. The highest BCUT2D eigenvalue weighted by atomic mass is 16.6. The summed E-state index contributed by atoms with van der Waals surface area (Å²) in [6.45, 7) is 1.55. The highest BCUT2D eigenvalue weighted by molar-refractivity contribution is 5.85. The maximum atomic E-state index is 9.89. The van der Waals surface area contributed by atoms with Gasteiger partial charge < -0.3 is 10.5 Å². The van der Waals surface area contributed by atoms with E-state index in [-0.39, 0.29) is 5.90 Å². The van der Waals surface area contributed by atoms with Crippen LogP contribution in [0, 0.1) is 0 Å². The first-order valence-corrected chi connectivity index (χ1v) is 2.07. The standard InChI is InChI=1S/C4H8N2O2/c1-3(6-2)8-4(5)7/h1-2H3,(H2,5,7)/b6-3-. The van der Waals surface area contributed by atoms with E-state index in [0.717, 1.165) is 0 Å². The van der Waals surface area contributed by atoms with Gasteiger partial charge in [0.15, 0.2) is 5.90 Å². The number of nitrogens with two attached hydrogens (primary N) is 1. The average Bonchev–Trinajstić information content (AvgIpc) is 1.65. The fourth-order valence-electron chi connectivity index (χ4n) is 0.191. The van der Waals surface area contributed by atoms with Crippen molar-refractivity contribution >= 4 is 12.0 Å².